The molecule has 0 spiro atoms. The molecule has 1 atom stereocenters. The van der Waals surface area contributed by atoms with Gasteiger partial charge in [-0.1, -0.05) is 95.9 Å². The van der Waals surface area contributed by atoms with Crippen LogP contribution >= 0.6 is 0 Å². The molecule has 0 amide bonds. The van der Waals surface area contributed by atoms with Crippen molar-refractivity contribution in [3.8, 4) is 17.0 Å². The van der Waals surface area contributed by atoms with E-state index in [4.69, 9.17) is 4.74 Å². The summed E-state index contributed by atoms with van der Waals surface area (Å²) in [7, 11) is 0. The van der Waals surface area contributed by atoms with Crippen molar-refractivity contribution >= 4 is 0 Å². The van der Waals surface area contributed by atoms with Crippen LogP contribution in [0.15, 0.2) is 42.6 Å². The molecular formula is C27H40FNO. The number of aromatic nitrogens is 1. The van der Waals surface area contributed by atoms with Crippen LogP contribution in [0.25, 0.3) is 11.3 Å². The average Bonchev–Trinajstić information content (AvgIpc) is 2.78. The molecule has 0 aliphatic carbocycles. The molecule has 0 radical (unpaired) electrons. The highest BCUT2D eigenvalue weighted by Gasteiger charge is 2.08. The van der Waals surface area contributed by atoms with Gasteiger partial charge in [-0.25, -0.2) is 4.39 Å². The maximum Gasteiger partial charge on any atom is 0.137 e. The summed E-state index contributed by atoms with van der Waals surface area (Å²) < 4.78 is 19.4. The summed E-state index contributed by atoms with van der Waals surface area (Å²) in [6.45, 7) is 4.50. The highest BCUT2D eigenvalue weighted by molar-refractivity contribution is 5.59. The third kappa shape index (κ3) is 9.73. The first-order chi connectivity index (χ1) is 14.7. The summed E-state index contributed by atoms with van der Waals surface area (Å²) in [4.78, 5) is 4.50. The Labute approximate surface area is 183 Å². The van der Waals surface area contributed by atoms with E-state index < -0.39 is 6.17 Å². The fourth-order valence-electron chi connectivity index (χ4n) is 3.65. The normalized spacial score (nSPS) is 12.1. The van der Waals surface area contributed by atoms with E-state index in [-0.39, 0.29) is 6.61 Å². The molecule has 0 bridgehead atoms. The monoisotopic (exact) mass is 413 g/mol. The number of benzene rings is 1. The second-order valence-corrected chi connectivity index (χ2v) is 8.35. The molecule has 0 aliphatic heterocycles. The maximum atomic E-state index is 13.8. The van der Waals surface area contributed by atoms with Crippen LogP contribution in [0, 0.1) is 0 Å². The maximum absolute atomic E-state index is 13.8. The van der Waals surface area contributed by atoms with Gasteiger partial charge in [0.1, 0.15) is 18.5 Å². The number of nitrogens with zero attached hydrogens (tertiary/aromatic N) is 1. The largest absolute Gasteiger partial charge is 0.489 e. The van der Waals surface area contributed by atoms with Crippen molar-refractivity contribution in [3.05, 3.63) is 48.2 Å². The lowest BCUT2D eigenvalue weighted by molar-refractivity contribution is 0.183. The Kier molecular flexibility index (Phi) is 12.2. The predicted molar refractivity (Wildman–Crippen MR) is 126 cm³/mol. The number of alkyl halides is 1. The summed E-state index contributed by atoms with van der Waals surface area (Å²) in [5, 5.41) is 0. The quantitative estimate of drug-likeness (QED) is 0.258. The first kappa shape index (κ1) is 24.4. The van der Waals surface area contributed by atoms with Crippen LogP contribution in [0.5, 0.6) is 5.75 Å². The van der Waals surface area contributed by atoms with Gasteiger partial charge in [-0.3, -0.25) is 4.98 Å². The van der Waals surface area contributed by atoms with Gasteiger partial charge in [-0.15, -0.1) is 0 Å². The molecule has 1 heterocycles. The molecule has 3 heteroatoms. The van der Waals surface area contributed by atoms with Crippen LogP contribution in [-0.2, 0) is 6.42 Å². The summed E-state index contributed by atoms with van der Waals surface area (Å²) in [6, 6.07) is 12.5. The standard InChI is InChI=1S/C27H40FNO/c1-3-5-7-8-9-10-12-13-23-15-17-24(18-16-23)27-20-19-26(21-29-27)30-22-25(28)14-11-6-4-2/h15-21,25H,3-14,22H2,1-2H3. The molecule has 166 valence electrons. The smallest absolute Gasteiger partial charge is 0.137 e. The number of pyridine rings is 1. The van der Waals surface area contributed by atoms with Gasteiger partial charge in [-0.2, -0.15) is 0 Å². The lowest BCUT2D eigenvalue weighted by Gasteiger charge is -2.10. The van der Waals surface area contributed by atoms with E-state index >= 15 is 0 Å². The van der Waals surface area contributed by atoms with Crippen LogP contribution in [0.2, 0.25) is 0 Å². The zero-order valence-electron chi connectivity index (χ0n) is 19.0. The number of halogens is 1. The molecule has 0 saturated carbocycles. The highest BCUT2D eigenvalue weighted by Crippen LogP contribution is 2.21. The van der Waals surface area contributed by atoms with E-state index in [2.05, 4.69) is 43.1 Å². The number of rotatable bonds is 16. The fraction of sp³-hybridized carbons (Fsp3) is 0.593. The molecule has 0 N–H and O–H groups in total. The lowest BCUT2D eigenvalue weighted by Crippen LogP contribution is -2.12. The van der Waals surface area contributed by atoms with E-state index in [9.17, 15) is 4.39 Å². The van der Waals surface area contributed by atoms with Gasteiger partial charge in [-0.05, 0) is 37.0 Å². The molecule has 2 rings (SSSR count). The van der Waals surface area contributed by atoms with Crippen LogP contribution in [0.1, 0.15) is 90.0 Å². The summed E-state index contributed by atoms with van der Waals surface area (Å²) in [6.07, 6.45) is 15.0. The Morgan fingerprint density at radius 1 is 0.800 bits per heavy atom. The van der Waals surface area contributed by atoms with Crippen LogP contribution in [-0.4, -0.2) is 17.8 Å². The van der Waals surface area contributed by atoms with Gasteiger partial charge in [0.15, 0.2) is 0 Å². The summed E-state index contributed by atoms with van der Waals surface area (Å²) in [5.74, 6) is 0.632. The Morgan fingerprint density at radius 2 is 1.47 bits per heavy atom. The van der Waals surface area contributed by atoms with Gasteiger partial charge >= 0.3 is 0 Å². The van der Waals surface area contributed by atoms with E-state index in [1.165, 1.54) is 50.5 Å². The first-order valence-corrected chi connectivity index (χ1v) is 12.0. The van der Waals surface area contributed by atoms with Crippen molar-refractivity contribution in [2.45, 2.75) is 97.1 Å². The van der Waals surface area contributed by atoms with Crippen LogP contribution in [0.4, 0.5) is 4.39 Å². The lowest BCUT2D eigenvalue weighted by atomic mass is 10.0. The van der Waals surface area contributed by atoms with Crippen LogP contribution < -0.4 is 4.74 Å². The van der Waals surface area contributed by atoms with Gasteiger partial charge in [0.25, 0.3) is 0 Å². The number of hydrogen-bond acceptors (Lipinski definition) is 2. The number of ether oxygens (including phenoxy) is 1. The van der Waals surface area contributed by atoms with E-state index in [1.54, 1.807) is 6.20 Å². The van der Waals surface area contributed by atoms with Crippen molar-refractivity contribution in [1.29, 1.82) is 0 Å². The minimum Gasteiger partial charge on any atom is -0.489 e. The third-order valence-corrected chi connectivity index (χ3v) is 5.61. The topological polar surface area (TPSA) is 22.1 Å². The zero-order chi connectivity index (χ0) is 21.4. The number of unbranched alkanes of at least 4 members (excludes halogenated alkanes) is 8. The molecule has 0 saturated heterocycles. The number of aryl methyl sites for hydroxylation is 1. The summed E-state index contributed by atoms with van der Waals surface area (Å²) >= 11 is 0. The molecule has 2 nitrogen and oxygen atoms in total. The Hall–Kier alpha value is -1.90. The predicted octanol–water partition coefficient (Wildman–Crippen LogP) is 8.34. The molecule has 1 unspecified atom stereocenters. The molecule has 0 aliphatic rings. The van der Waals surface area contributed by atoms with Crippen molar-refractivity contribution in [1.82, 2.24) is 4.98 Å². The number of hydrogen-bond donors (Lipinski definition) is 0. The second-order valence-electron chi connectivity index (χ2n) is 8.35. The SMILES string of the molecule is CCCCCCCCCc1ccc(-c2ccc(OCC(F)CCCCC)cn2)cc1. The third-order valence-electron chi connectivity index (χ3n) is 5.61. The molecule has 1 aromatic heterocycles. The summed E-state index contributed by atoms with van der Waals surface area (Å²) in [5.41, 5.74) is 3.42. The Bertz CT molecular complexity index is 668. The zero-order valence-corrected chi connectivity index (χ0v) is 19.0. The highest BCUT2D eigenvalue weighted by atomic mass is 19.1. The Balaban J connectivity index is 1.71. The van der Waals surface area contributed by atoms with Crippen molar-refractivity contribution < 1.29 is 9.13 Å². The Morgan fingerprint density at radius 3 is 2.13 bits per heavy atom. The van der Waals surface area contributed by atoms with Crippen molar-refractivity contribution in [2.75, 3.05) is 6.61 Å². The molecule has 2 aromatic rings. The first-order valence-electron chi connectivity index (χ1n) is 12.0. The minimum atomic E-state index is -0.903. The van der Waals surface area contributed by atoms with Gasteiger partial charge < -0.3 is 4.74 Å². The van der Waals surface area contributed by atoms with E-state index in [0.717, 1.165) is 36.9 Å². The molecule has 30 heavy (non-hydrogen) atoms. The van der Waals surface area contributed by atoms with Crippen molar-refractivity contribution in [3.63, 3.8) is 0 Å². The van der Waals surface area contributed by atoms with Gasteiger partial charge in [0, 0.05) is 5.56 Å². The van der Waals surface area contributed by atoms with Crippen molar-refractivity contribution in [2.24, 2.45) is 0 Å². The average molecular weight is 414 g/mol. The van der Waals surface area contributed by atoms with Gasteiger partial charge in [0.05, 0.1) is 11.9 Å². The molecule has 0 fully saturated rings. The second kappa shape index (κ2) is 15.0. The minimum absolute atomic E-state index is 0.109. The molecule has 1 aromatic carbocycles. The van der Waals surface area contributed by atoms with Crippen LogP contribution in [0.3, 0.4) is 0 Å². The van der Waals surface area contributed by atoms with Gasteiger partial charge in [0.2, 0.25) is 0 Å². The van der Waals surface area contributed by atoms with E-state index in [0.29, 0.717) is 12.2 Å². The molecular weight excluding hydrogens is 373 g/mol. The fourth-order valence-corrected chi connectivity index (χ4v) is 3.65. The van der Waals surface area contributed by atoms with E-state index in [1.807, 2.05) is 12.1 Å².